The van der Waals surface area contributed by atoms with Crippen molar-refractivity contribution in [3.05, 3.63) is 24.3 Å². The normalized spacial score (nSPS) is 17.4. The van der Waals surface area contributed by atoms with Crippen LogP contribution in [0.1, 0.15) is 40.0 Å². The van der Waals surface area contributed by atoms with Gasteiger partial charge in [-0.05, 0) is 50.8 Å². The lowest BCUT2D eigenvalue weighted by atomic mass is 9.94. The second kappa shape index (κ2) is 12.2. The first-order valence-electron chi connectivity index (χ1n) is 9.36. The fraction of sp³-hybridized carbons (Fsp3) is 0.600. The van der Waals surface area contributed by atoms with E-state index in [9.17, 15) is 0 Å². The van der Waals surface area contributed by atoms with E-state index in [1.165, 1.54) is 12.8 Å². The molecule has 27 heavy (non-hydrogen) atoms. The number of carboxylic acids is 2. The van der Waals surface area contributed by atoms with Crippen LogP contribution in [0.5, 0.6) is 11.5 Å². The minimum absolute atomic E-state index is 0.215. The lowest BCUT2D eigenvalue weighted by Gasteiger charge is -2.29. The number of para-hydroxylation sites is 2. The topological polar surface area (TPSA) is 105 Å². The lowest BCUT2D eigenvalue weighted by molar-refractivity contribution is -0.159. The van der Waals surface area contributed by atoms with Crippen molar-refractivity contribution in [3.63, 3.8) is 0 Å². The van der Waals surface area contributed by atoms with Gasteiger partial charge in [0.25, 0.3) is 0 Å². The van der Waals surface area contributed by atoms with Crippen molar-refractivity contribution in [2.75, 3.05) is 19.7 Å². The Morgan fingerprint density at radius 3 is 2.30 bits per heavy atom. The maximum Gasteiger partial charge on any atom is 0.414 e. The van der Waals surface area contributed by atoms with Crippen LogP contribution < -0.4 is 14.8 Å². The smallest absolute Gasteiger partial charge is 0.414 e. The van der Waals surface area contributed by atoms with Crippen LogP contribution in [0.3, 0.4) is 0 Å². The second-order valence-electron chi connectivity index (χ2n) is 7.02. The molecule has 0 spiro atoms. The van der Waals surface area contributed by atoms with Crippen LogP contribution in [-0.2, 0) is 9.59 Å². The molecule has 0 bridgehead atoms. The number of nitrogens with one attached hydrogen (secondary N) is 1. The van der Waals surface area contributed by atoms with E-state index in [1.54, 1.807) is 0 Å². The van der Waals surface area contributed by atoms with Gasteiger partial charge >= 0.3 is 11.9 Å². The van der Waals surface area contributed by atoms with Crippen LogP contribution in [0.25, 0.3) is 0 Å². The third-order valence-corrected chi connectivity index (χ3v) is 4.30. The zero-order valence-electron chi connectivity index (χ0n) is 16.3. The largest absolute Gasteiger partial charge is 0.490 e. The first-order valence-corrected chi connectivity index (χ1v) is 9.36. The molecule has 7 heteroatoms. The number of benzene rings is 1. The molecular formula is C20H31NO6. The molecule has 0 radical (unpaired) electrons. The summed E-state index contributed by atoms with van der Waals surface area (Å²) in [5.74, 6) is -0.661. The zero-order chi connectivity index (χ0) is 20.2. The standard InChI is InChI=1S/C18H29NO2.C2H2O4/c1-14(2)10-12-20-17-8-4-5-9-18(17)21-15(3)16-7-6-11-19-13-16;3-1(4)2(5)6/h4-5,8-9,14-16,19H,6-7,10-13H2,1-3H3;(H,3,4)(H,5,6)/t15-,16-;/m0./s1. The molecule has 0 saturated carbocycles. The van der Waals surface area contributed by atoms with Crippen LogP contribution in [0.4, 0.5) is 0 Å². The van der Waals surface area contributed by atoms with Gasteiger partial charge in [-0.1, -0.05) is 26.0 Å². The van der Waals surface area contributed by atoms with Gasteiger partial charge in [-0.15, -0.1) is 0 Å². The SMILES string of the molecule is CC(C)CCOc1ccccc1O[C@@H](C)[C@H]1CCCNC1.O=C(O)C(=O)O. The number of carboxylic acid groups (broad SMARTS) is 2. The van der Waals surface area contributed by atoms with E-state index >= 15 is 0 Å². The fourth-order valence-electron chi connectivity index (χ4n) is 2.65. The maximum atomic E-state index is 9.10. The van der Waals surface area contributed by atoms with Crippen LogP contribution in [0, 0.1) is 11.8 Å². The Kier molecular flexibility index (Phi) is 10.3. The fourth-order valence-corrected chi connectivity index (χ4v) is 2.65. The summed E-state index contributed by atoms with van der Waals surface area (Å²) in [6.45, 7) is 9.53. The highest BCUT2D eigenvalue weighted by atomic mass is 16.5. The van der Waals surface area contributed by atoms with Gasteiger partial charge in [-0.2, -0.15) is 0 Å². The number of hydrogen-bond acceptors (Lipinski definition) is 5. The predicted molar refractivity (Wildman–Crippen MR) is 102 cm³/mol. The van der Waals surface area contributed by atoms with Gasteiger partial charge in [0, 0.05) is 12.5 Å². The summed E-state index contributed by atoms with van der Waals surface area (Å²) in [5, 5.41) is 18.2. The molecule has 1 saturated heterocycles. The molecule has 1 aliphatic heterocycles. The maximum absolute atomic E-state index is 9.10. The van der Waals surface area contributed by atoms with E-state index in [4.69, 9.17) is 29.3 Å². The van der Waals surface area contributed by atoms with Crippen LogP contribution in [0.15, 0.2) is 24.3 Å². The summed E-state index contributed by atoms with van der Waals surface area (Å²) in [5.41, 5.74) is 0. The van der Waals surface area contributed by atoms with Crippen molar-refractivity contribution in [2.45, 2.75) is 46.1 Å². The summed E-state index contributed by atoms with van der Waals surface area (Å²) in [4.78, 5) is 18.2. The minimum atomic E-state index is -1.82. The quantitative estimate of drug-likeness (QED) is 0.624. The number of ether oxygens (including phenoxy) is 2. The Bertz CT molecular complexity index is 572. The van der Waals surface area contributed by atoms with Gasteiger partial charge in [0.2, 0.25) is 0 Å². The summed E-state index contributed by atoms with van der Waals surface area (Å²) in [6.07, 6.45) is 3.76. The van der Waals surface area contributed by atoms with E-state index < -0.39 is 11.9 Å². The number of aliphatic carboxylic acids is 2. The molecule has 1 heterocycles. The Labute approximate surface area is 160 Å². The highest BCUT2D eigenvalue weighted by molar-refractivity contribution is 6.27. The van der Waals surface area contributed by atoms with E-state index in [0.717, 1.165) is 37.6 Å². The molecule has 7 nitrogen and oxygen atoms in total. The molecule has 1 aliphatic rings. The van der Waals surface area contributed by atoms with Crippen LogP contribution in [-0.4, -0.2) is 48.0 Å². The van der Waals surface area contributed by atoms with Crippen LogP contribution >= 0.6 is 0 Å². The lowest BCUT2D eigenvalue weighted by Crippen LogP contribution is -2.37. The first kappa shape index (κ1) is 22.8. The van der Waals surface area contributed by atoms with E-state index in [1.807, 2.05) is 24.3 Å². The number of piperidine rings is 1. The summed E-state index contributed by atoms with van der Waals surface area (Å²) in [7, 11) is 0. The number of hydrogen-bond donors (Lipinski definition) is 3. The van der Waals surface area contributed by atoms with Gasteiger partial charge in [0.1, 0.15) is 6.10 Å². The Morgan fingerprint density at radius 1 is 1.15 bits per heavy atom. The summed E-state index contributed by atoms with van der Waals surface area (Å²) >= 11 is 0. The third-order valence-electron chi connectivity index (χ3n) is 4.30. The Balaban J connectivity index is 0.000000527. The average molecular weight is 381 g/mol. The molecule has 2 rings (SSSR count). The summed E-state index contributed by atoms with van der Waals surface area (Å²) < 4.78 is 12.1. The van der Waals surface area contributed by atoms with Crippen molar-refractivity contribution < 1.29 is 29.3 Å². The van der Waals surface area contributed by atoms with Crippen LogP contribution in [0.2, 0.25) is 0 Å². The predicted octanol–water partition coefficient (Wildman–Crippen LogP) is 3.03. The minimum Gasteiger partial charge on any atom is -0.490 e. The molecule has 1 fully saturated rings. The first-order chi connectivity index (χ1) is 12.8. The molecule has 1 aromatic carbocycles. The summed E-state index contributed by atoms with van der Waals surface area (Å²) in [6, 6.07) is 8.03. The number of carbonyl (C=O) groups is 2. The Hall–Kier alpha value is -2.28. The van der Waals surface area contributed by atoms with Crippen molar-refractivity contribution in [1.29, 1.82) is 0 Å². The molecule has 0 unspecified atom stereocenters. The molecule has 0 aliphatic carbocycles. The van der Waals surface area contributed by atoms with E-state index in [2.05, 4.69) is 26.1 Å². The molecule has 0 amide bonds. The average Bonchev–Trinajstić information content (AvgIpc) is 2.64. The number of rotatable bonds is 7. The monoisotopic (exact) mass is 381 g/mol. The highest BCUT2D eigenvalue weighted by Gasteiger charge is 2.22. The van der Waals surface area contributed by atoms with Gasteiger partial charge in [-0.25, -0.2) is 9.59 Å². The van der Waals surface area contributed by atoms with E-state index in [0.29, 0.717) is 11.8 Å². The molecule has 1 aromatic rings. The second-order valence-corrected chi connectivity index (χ2v) is 7.02. The molecule has 3 N–H and O–H groups in total. The van der Waals surface area contributed by atoms with Gasteiger partial charge < -0.3 is 25.0 Å². The third kappa shape index (κ3) is 9.28. The van der Waals surface area contributed by atoms with Gasteiger partial charge in [-0.3, -0.25) is 0 Å². The van der Waals surface area contributed by atoms with Crippen molar-refractivity contribution >= 4 is 11.9 Å². The van der Waals surface area contributed by atoms with Crippen molar-refractivity contribution in [1.82, 2.24) is 5.32 Å². The zero-order valence-corrected chi connectivity index (χ0v) is 16.3. The van der Waals surface area contributed by atoms with Gasteiger partial charge in [0.05, 0.1) is 6.61 Å². The highest BCUT2D eigenvalue weighted by Crippen LogP contribution is 2.30. The molecule has 0 aromatic heterocycles. The van der Waals surface area contributed by atoms with Crippen molar-refractivity contribution in [3.8, 4) is 11.5 Å². The molecule has 2 atom stereocenters. The molecular weight excluding hydrogens is 350 g/mol. The Morgan fingerprint density at radius 2 is 1.78 bits per heavy atom. The van der Waals surface area contributed by atoms with Gasteiger partial charge in [0.15, 0.2) is 11.5 Å². The van der Waals surface area contributed by atoms with E-state index in [-0.39, 0.29) is 6.10 Å². The molecule has 152 valence electrons. The van der Waals surface area contributed by atoms with Crippen molar-refractivity contribution in [2.24, 2.45) is 11.8 Å².